The first-order valence-electron chi connectivity index (χ1n) is 13.3. The molecule has 3 fully saturated rings. The normalized spacial score (nSPS) is 46.2. The summed E-state index contributed by atoms with van der Waals surface area (Å²) in [6.07, 6.45) is 10.5. The van der Waals surface area contributed by atoms with Gasteiger partial charge in [0.15, 0.2) is 0 Å². The molecule has 0 aromatic rings. The Hall–Kier alpha value is -2.26. The lowest BCUT2D eigenvalue weighted by Crippen LogP contribution is -2.66. The van der Waals surface area contributed by atoms with Crippen LogP contribution in [0, 0.1) is 10.8 Å². The molecule has 1 N–H and O–H groups in total. The number of hydrogen-bond acceptors (Lipinski definition) is 8. The number of esters is 2. The van der Waals surface area contributed by atoms with Gasteiger partial charge in [0.2, 0.25) is 0 Å². The number of epoxide rings is 1. The van der Waals surface area contributed by atoms with E-state index in [4.69, 9.17) is 23.7 Å². The molecule has 8 nitrogen and oxygen atoms in total. The van der Waals surface area contributed by atoms with Gasteiger partial charge in [0.1, 0.15) is 24.4 Å². The minimum Gasteiger partial charge on any atom is -0.462 e. The number of aliphatic hydroxyl groups excluding tert-OH is 1. The molecule has 0 aromatic heterocycles. The monoisotopic (exact) mass is 514 g/mol. The zero-order valence-corrected chi connectivity index (χ0v) is 22.1. The highest BCUT2D eigenvalue weighted by molar-refractivity contribution is 5.83. The van der Waals surface area contributed by atoms with E-state index in [9.17, 15) is 14.7 Å². The van der Waals surface area contributed by atoms with Gasteiger partial charge in [-0.05, 0) is 40.0 Å². The van der Waals surface area contributed by atoms with Crippen LogP contribution in [0.15, 0.2) is 47.6 Å². The van der Waals surface area contributed by atoms with Crippen LogP contribution < -0.4 is 0 Å². The molecule has 0 aromatic carbocycles. The van der Waals surface area contributed by atoms with Gasteiger partial charge in [0.05, 0.1) is 36.9 Å². The highest BCUT2D eigenvalue weighted by Gasteiger charge is 2.83. The standard InChI is InChI=1S/C29H38O8/c1-18-9-11-28-16-34-26(32)14-19(2)10-12-33-21(20(3)30)7-5-6-8-25(31)37-22-15-24(36-23(28)13-18)29(17-35-29)27(22,28)4/h5-8,13-14,20-24,30H,9-12,15-17H2,1-4H3/b7-5+,8-6-,19-14+/t20-,21-,22+,23+,24+,27+,28+,29?/m0/s1. The summed E-state index contributed by atoms with van der Waals surface area (Å²) in [5, 5.41) is 10.0. The maximum Gasteiger partial charge on any atom is 0.331 e. The molecule has 5 rings (SSSR count). The fourth-order valence-electron chi connectivity index (χ4n) is 6.85. The van der Waals surface area contributed by atoms with E-state index >= 15 is 0 Å². The lowest BCUT2D eigenvalue weighted by molar-refractivity contribution is -0.232. The predicted molar refractivity (Wildman–Crippen MR) is 134 cm³/mol. The van der Waals surface area contributed by atoms with E-state index < -0.39 is 46.7 Å². The number of rotatable bonds is 1. The summed E-state index contributed by atoms with van der Waals surface area (Å²) in [5.41, 5.74) is 0.318. The Kier molecular flexibility index (Phi) is 6.98. The average Bonchev–Trinajstić information content (AvgIpc) is 3.61. The average molecular weight is 515 g/mol. The fourth-order valence-corrected chi connectivity index (χ4v) is 6.85. The van der Waals surface area contributed by atoms with Gasteiger partial charge in [-0.2, -0.15) is 0 Å². The van der Waals surface area contributed by atoms with Gasteiger partial charge in [0.25, 0.3) is 0 Å². The molecule has 2 aliphatic carbocycles. The minimum atomic E-state index is -0.735. The van der Waals surface area contributed by atoms with Gasteiger partial charge in [-0.3, -0.25) is 0 Å². The molecule has 202 valence electrons. The van der Waals surface area contributed by atoms with Crippen molar-refractivity contribution in [1.29, 1.82) is 0 Å². The third-order valence-electron chi connectivity index (χ3n) is 9.24. The summed E-state index contributed by atoms with van der Waals surface area (Å²) in [7, 11) is 0. The number of allylic oxidation sites excluding steroid dienone is 3. The van der Waals surface area contributed by atoms with Crippen molar-refractivity contribution in [1.82, 2.24) is 0 Å². The zero-order valence-electron chi connectivity index (χ0n) is 22.1. The molecule has 1 saturated carbocycles. The highest BCUT2D eigenvalue weighted by atomic mass is 16.6. The lowest BCUT2D eigenvalue weighted by atomic mass is 9.51. The number of carbonyl (C=O) groups excluding carboxylic acids is 2. The summed E-state index contributed by atoms with van der Waals surface area (Å²) < 4.78 is 30.6. The van der Waals surface area contributed by atoms with Gasteiger partial charge in [-0.25, -0.2) is 9.59 Å². The molecule has 2 spiro atoms. The summed E-state index contributed by atoms with van der Waals surface area (Å²) in [6, 6.07) is 0. The second kappa shape index (κ2) is 9.80. The third-order valence-corrected chi connectivity index (χ3v) is 9.24. The summed E-state index contributed by atoms with van der Waals surface area (Å²) >= 11 is 0. The van der Waals surface area contributed by atoms with E-state index in [1.165, 1.54) is 17.7 Å². The van der Waals surface area contributed by atoms with Crippen molar-refractivity contribution in [3.05, 3.63) is 47.6 Å². The molecule has 0 radical (unpaired) electrons. The van der Waals surface area contributed by atoms with Gasteiger partial charge in [-0.15, -0.1) is 0 Å². The van der Waals surface area contributed by atoms with Gasteiger partial charge in [0, 0.05) is 24.0 Å². The largest absolute Gasteiger partial charge is 0.462 e. The van der Waals surface area contributed by atoms with E-state index in [0.717, 1.165) is 18.4 Å². The van der Waals surface area contributed by atoms with Crippen molar-refractivity contribution in [3.63, 3.8) is 0 Å². The van der Waals surface area contributed by atoms with Crippen molar-refractivity contribution in [2.24, 2.45) is 10.8 Å². The van der Waals surface area contributed by atoms with E-state index in [0.29, 0.717) is 26.1 Å². The number of aliphatic hydroxyl groups is 1. The lowest BCUT2D eigenvalue weighted by Gasteiger charge is -2.58. The smallest absolute Gasteiger partial charge is 0.331 e. The molecule has 8 heteroatoms. The fraction of sp³-hybridized carbons (Fsp3) is 0.655. The molecule has 0 amide bonds. The topological polar surface area (TPSA) is 104 Å². The Bertz CT molecular complexity index is 1050. The zero-order chi connectivity index (χ0) is 26.4. The Labute approximate surface area is 218 Å². The molecule has 2 bridgehead atoms. The van der Waals surface area contributed by atoms with Crippen molar-refractivity contribution in [2.75, 3.05) is 19.8 Å². The van der Waals surface area contributed by atoms with Gasteiger partial charge >= 0.3 is 11.9 Å². The van der Waals surface area contributed by atoms with Crippen molar-refractivity contribution in [3.8, 4) is 0 Å². The first kappa shape index (κ1) is 26.4. The Morgan fingerprint density at radius 1 is 1.05 bits per heavy atom. The Morgan fingerprint density at radius 2 is 1.84 bits per heavy atom. The molecular weight excluding hydrogens is 476 g/mol. The third kappa shape index (κ3) is 4.42. The predicted octanol–water partition coefficient (Wildman–Crippen LogP) is 3.34. The molecule has 8 atom stereocenters. The second-order valence-corrected chi connectivity index (χ2v) is 11.4. The molecule has 3 aliphatic heterocycles. The highest BCUT2D eigenvalue weighted by Crippen LogP contribution is 2.72. The maximum atomic E-state index is 12.9. The summed E-state index contributed by atoms with van der Waals surface area (Å²) in [4.78, 5) is 25.9. The van der Waals surface area contributed by atoms with E-state index in [2.05, 4.69) is 19.9 Å². The van der Waals surface area contributed by atoms with Crippen LogP contribution in [0.5, 0.6) is 0 Å². The Balaban J connectivity index is 1.51. The Morgan fingerprint density at radius 3 is 2.57 bits per heavy atom. The number of hydrogen-bond donors (Lipinski definition) is 1. The van der Waals surface area contributed by atoms with Crippen LogP contribution in [0.4, 0.5) is 0 Å². The van der Waals surface area contributed by atoms with Gasteiger partial charge in [-0.1, -0.05) is 42.4 Å². The number of ether oxygens (including phenoxy) is 5. The molecule has 2 saturated heterocycles. The molecule has 1 unspecified atom stereocenters. The van der Waals surface area contributed by atoms with Crippen LogP contribution in [-0.2, 0) is 33.3 Å². The van der Waals surface area contributed by atoms with Crippen LogP contribution in [0.25, 0.3) is 0 Å². The van der Waals surface area contributed by atoms with E-state index in [1.807, 2.05) is 6.92 Å². The molecule has 3 heterocycles. The number of cyclic esters (lactones) is 1. The van der Waals surface area contributed by atoms with Crippen LogP contribution in [-0.4, -0.2) is 73.0 Å². The van der Waals surface area contributed by atoms with Crippen molar-refractivity contribution >= 4 is 11.9 Å². The van der Waals surface area contributed by atoms with Crippen LogP contribution >= 0.6 is 0 Å². The minimum absolute atomic E-state index is 0.144. The van der Waals surface area contributed by atoms with Crippen LogP contribution in [0.2, 0.25) is 0 Å². The summed E-state index contributed by atoms with van der Waals surface area (Å²) in [6.45, 7) is 8.73. The summed E-state index contributed by atoms with van der Waals surface area (Å²) in [5.74, 6) is -0.879. The molecular formula is C29H38O8. The van der Waals surface area contributed by atoms with Gasteiger partial charge < -0.3 is 28.8 Å². The first-order chi connectivity index (χ1) is 17.6. The first-order valence-corrected chi connectivity index (χ1v) is 13.3. The van der Waals surface area contributed by atoms with Crippen LogP contribution in [0.1, 0.15) is 53.4 Å². The van der Waals surface area contributed by atoms with E-state index in [1.54, 1.807) is 25.2 Å². The van der Waals surface area contributed by atoms with Crippen molar-refractivity contribution in [2.45, 2.75) is 89.5 Å². The van der Waals surface area contributed by atoms with Crippen LogP contribution in [0.3, 0.4) is 0 Å². The number of carbonyl (C=O) groups is 2. The van der Waals surface area contributed by atoms with Crippen molar-refractivity contribution < 1.29 is 38.4 Å². The second-order valence-electron chi connectivity index (χ2n) is 11.4. The quantitative estimate of drug-likeness (QED) is 0.323. The maximum absolute atomic E-state index is 12.9. The molecule has 5 aliphatic rings. The SMILES string of the molecule is CC1=C[C@H]2O[C@@H]3C[C@H]4OC(=O)/C=C\C=C\[C@@H]([C@H](C)O)OCC/C(C)=C/C(=O)OC[C@@]2(CC1)[C@]4(C)C31CO1. The molecule has 37 heavy (non-hydrogen) atoms. The van der Waals surface area contributed by atoms with E-state index in [-0.39, 0.29) is 18.8 Å².